The molecule has 0 radical (unpaired) electrons. The van der Waals surface area contributed by atoms with Crippen molar-refractivity contribution in [2.45, 2.75) is 18.9 Å². The second kappa shape index (κ2) is 9.85. The molecule has 3 aromatic heterocycles. The van der Waals surface area contributed by atoms with Gasteiger partial charge < -0.3 is 21.2 Å². The number of aromatic hydroxyl groups is 1. The number of nitrogen functional groups attached to an aromatic ring is 1. The lowest BCUT2D eigenvalue weighted by molar-refractivity contribution is 0.112. The minimum Gasteiger partial charge on any atom is -0.505 e. The predicted octanol–water partition coefficient (Wildman–Crippen LogP) is 4.47. The van der Waals surface area contributed by atoms with Crippen molar-refractivity contribution < 1.29 is 9.90 Å². The van der Waals surface area contributed by atoms with Crippen LogP contribution in [0.4, 0.5) is 11.5 Å². The topological polar surface area (TPSA) is 122 Å². The van der Waals surface area contributed by atoms with Gasteiger partial charge in [0.2, 0.25) is 0 Å². The molecule has 1 fully saturated rings. The number of aromatic nitrogens is 4. The zero-order valence-corrected chi connectivity index (χ0v) is 20.7. The number of nitrogens with zero attached hydrogens (tertiary/aromatic N) is 5. The number of hydrogen-bond donors (Lipinski definition) is 3. The van der Waals surface area contributed by atoms with Gasteiger partial charge in [-0.15, -0.1) is 0 Å². The molecule has 0 amide bonds. The Hall–Kier alpha value is -4.92. The average Bonchev–Trinajstić information content (AvgIpc) is 3.34. The number of imidazole rings is 1. The van der Waals surface area contributed by atoms with E-state index >= 15 is 0 Å². The van der Waals surface area contributed by atoms with Gasteiger partial charge in [-0.3, -0.25) is 4.79 Å². The maximum absolute atomic E-state index is 11.2. The highest BCUT2D eigenvalue weighted by molar-refractivity contribution is 5.84. The van der Waals surface area contributed by atoms with Crippen LogP contribution in [0, 0.1) is 0 Å². The predicted molar refractivity (Wildman–Crippen MR) is 149 cm³/mol. The number of carbonyl (C=O) groups excluding carboxylic acids is 1. The van der Waals surface area contributed by atoms with Gasteiger partial charge >= 0.3 is 0 Å². The summed E-state index contributed by atoms with van der Waals surface area (Å²) in [6, 6.07) is 23.1. The first kappa shape index (κ1) is 23.5. The van der Waals surface area contributed by atoms with Crippen LogP contribution in [-0.4, -0.2) is 50.2 Å². The fourth-order valence-electron chi connectivity index (χ4n) is 4.97. The summed E-state index contributed by atoms with van der Waals surface area (Å²) in [4.78, 5) is 25.5. The van der Waals surface area contributed by atoms with Crippen molar-refractivity contribution >= 4 is 29.0 Å². The number of fused-ring (bicyclic) bond motifs is 1. The number of nitrogens with two attached hydrogens (primary N) is 1. The largest absolute Gasteiger partial charge is 0.505 e. The standard InChI is InChI=1S/C29H27N7O2/c30-27-22(9-5-15-31-27)28-34-25-12-11-23(19-6-2-1-3-7-19)33-29(25)36(28)35-16-13-21(14-17-35)32-24-10-4-8-20(18-37)26(24)38/h1-12,15,18,21,32,38H,13-14,16-17H2,(H2,30,31). The molecule has 190 valence electrons. The highest BCUT2D eigenvalue weighted by Crippen LogP contribution is 2.32. The fraction of sp³-hybridized carbons (Fsp3) is 0.172. The molecule has 4 heterocycles. The van der Waals surface area contributed by atoms with E-state index in [1.54, 1.807) is 24.4 Å². The average molecular weight is 506 g/mol. The minimum absolute atomic E-state index is 0.0162. The molecule has 5 aromatic rings. The van der Waals surface area contributed by atoms with Gasteiger partial charge in [0.05, 0.1) is 22.5 Å². The summed E-state index contributed by atoms with van der Waals surface area (Å²) in [5, 5.41) is 16.0. The zero-order valence-electron chi connectivity index (χ0n) is 20.7. The first-order valence-corrected chi connectivity index (χ1v) is 12.6. The molecule has 1 aliphatic heterocycles. The summed E-state index contributed by atoms with van der Waals surface area (Å²) in [6.07, 6.45) is 3.95. The van der Waals surface area contributed by atoms with Crippen LogP contribution in [0.1, 0.15) is 23.2 Å². The third-order valence-corrected chi connectivity index (χ3v) is 6.94. The van der Waals surface area contributed by atoms with Crippen molar-refractivity contribution in [2.24, 2.45) is 0 Å². The van der Waals surface area contributed by atoms with Crippen LogP contribution >= 0.6 is 0 Å². The number of nitrogens with one attached hydrogen (secondary N) is 1. The van der Waals surface area contributed by atoms with Crippen LogP contribution in [-0.2, 0) is 0 Å². The molecule has 0 spiro atoms. The Balaban J connectivity index is 1.35. The number of anilines is 2. The highest BCUT2D eigenvalue weighted by Gasteiger charge is 2.26. The van der Waals surface area contributed by atoms with E-state index in [0.29, 0.717) is 23.6 Å². The summed E-state index contributed by atoms with van der Waals surface area (Å²) in [5.41, 5.74) is 11.3. The lowest BCUT2D eigenvalue weighted by Crippen LogP contribution is -2.45. The number of phenols is 1. The number of phenolic OH excluding ortho intramolecular Hbond substituents is 1. The van der Waals surface area contributed by atoms with Gasteiger partial charge in [-0.05, 0) is 49.2 Å². The second-order valence-corrected chi connectivity index (χ2v) is 9.32. The second-order valence-electron chi connectivity index (χ2n) is 9.32. The normalized spacial score (nSPS) is 14.1. The first-order valence-electron chi connectivity index (χ1n) is 12.6. The summed E-state index contributed by atoms with van der Waals surface area (Å²) < 4.78 is 2.07. The smallest absolute Gasteiger partial charge is 0.180 e. The monoisotopic (exact) mass is 505 g/mol. The Bertz CT molecular complexity index is 1610. The molecule has 38 heavy (non-hydrogen) atoms. The van der Waals surface area contributed by atoms with Crippen LogP contribution in [0.3, 0.4) is 0 Å². The Kier molecular flexibility index (Phi) is 6.09. The van der Waals surface area contributed by atoms with Gasteiger partial charge in [0.25, 0.3) is 0 Å². The number of benzene rings is 2. The van der Waals surface area contributed by atoms with Gasteiger partial charge in [0.15, 0.2) is 17.8 Å². The number of aldehydes is 1. The molecule has 9 nitrogen and oxygen atoms in total. The van der Waals surface area contributed by atoms with E-state index in [0.717, 1.165) is 53.9 Å². The Morgan fingerprint density at radius 1 is 0.947 bits per heavy atom. The molecular weight excluding hydrogens is 478 g/mol. The van der Waals surface area contributed by atoms with Crippen molar-refractivity contribution in [1.29, 1.82) is 0 Å². The van der Waals surface area contributed by atoms with Crippen molar-refractivity contribution in [3.05, 3.63) is 84.6 Å². The molecule has 0 bridgehead atoms. The number of pyridine rings is 2. The molecule has 9 heteroatoms. The summed E-state index contributed by atoms with van der Waals surface area (Å²) >= 11 is 0. The van der Waals surface area contributed by atoms with E-state index in [9.17, 15) is 9.90 Å². The quantitative estimate of drug-likeness (QED) is 0.228. The SMILES string of the molecule is Nc1ncccc1-c1nc2ccc(-c3ccccc3)nc2n1N1CCC(Nc2cccc(C=O)c2O)CC1. The molecule has 6 rings (SSSR count). The summed E-state index contributed by atoms with van der Waals surface area (Å²) in [7, 11) is 0. The summed E-state index contributed by atoms with van der Waals surface area (Å²) in [6.45, 7) is 1.45. The molecule has 1 saturated heterocycles. The van der Waals surface area contributed by atoms with E-state index in [-0.39, 0.29) is 17.4 Å². The number of carbonyl (C=O) groups is 1. The van der Waals surface area contributed by atoms with Crippen molar-refractivity contribution in [2.75, 3.05) is 29.1 Å². The lowest BCUT2D eigenvalue weighted by atomic mass is 10.0. The number of para-hydroxylation sites is 1. The minimum atomic E-state index is -0.0162. The van der Waals surface area contributed by atoms with Crippen LogP contribution in [0.25, 0.3) is 33.8 Å². The highest BCUT2D eigenvalue weighted by atomic mass is 16.3. The van der Waals surface area contributed by atoms with E-state index < -0.39 is 0 Å². The van der Waals surface area contributed by atoms with E-state index in [1.165, 1.54) is 0 Å². The molecular formula is C29H27N7O2. The fourth-order valence-corrected chi connectivity index (χ4v) is 4.97. The van der Waals surface area contributed by atoms with Crippen molar-refractivity contribution in [3.63, 3.8) is 0 Å². The molecule has 0 unspecified atom stereocenters. The third kappa shape index (κ3) is 4.28. The van der Waals surface area contributed by atoms with Gasteiger partial charge in [-0.2, -0.15) is 0 Å². The van der Waals surface area contributed by atoms with Crippen LogP contribution < -0.4 is 16.1 Å². The molecule has 2 aromatic carbocycles. The number of hydrogen-bond acceptors (Lipinski definition) is 8. The molecule has 4 N–H and O–H groups in total. The number of piperidine rings is 1. The lowest BCUT2D eigenvalue weighted by Gasteiger charge is -2.35. The van der Waals surface area contributed by atoms with Crippen LogP contribution in [0.2, 0.25) is 0 Å². The van der Waals surface area contributed by atoms with Crippen LogP contribution in [0.5, 0.6) is 5.75 Å². The zero-order chi connectivity index (χ0) is 26.1. The van der Waals surface area contributed by atoms with E-state index in [1.807, 2.05) is 54.6 Å². The van der Waals surface area contributed by atoms with E-state index in [2.05, 4.69) is 20.0 Å². The maximum Gasteiger partial charge on any atom is 0.180 e. The summed E-state index contributed by atoms with van der Waals surface area (Å²) in [5.74, 6) is 1.10. The molecule has 0 atom stereocenters. The number of rotatable bonds is 6. The Morgan fingerprint density at radius 3 is 2.53 bits per heavy atom. The van der Waals surface area contributed by atoms with Gasteiger partial charge in [-0.25, -0.2) is 19.6 Å². The molecule has 0 saturated carbocycles. The molecule has 1 aliphatic rings. The third-order valence-electron chi connectivity index (χ3n) is 6.94. The van der Waals surface area contributed by atoms with Crippen LogP contribution in [0.15, 0.2) is 79.0 Å². The maximum atomic E-state index is 11.2. The van der Waals surface area contributed by atoms with E-state index in [4.69, 9.17) is 15.7 Å². The van der Waals surface area contributed by atoms with Crippen molar-refractivity contribution in [3.8, 4) is 28.4 Å². The first-order chi connectivity index (χ1) is 18.6. The van der Waals surface area contributed by atoms with Gasteiger partial charge in [0, 0.05) is 30.9 Å². The van der Waals surface area contributed by atoms with Crippen molar-refractivity contribution in [1.82, 2.24) is 19.6 Å². The van der Waals surface area contributed by atoms with Gasteiger partial charge in [0.1, 0.15) is 17.1 Å². The Morgan fingerprint density at radius 2 is 1.76 bits per heavy atom. The Labute approximate surface area is 219 Å². The van der Waals surface area contributed by atoms with Gasteiger partial charge in [-0.1, -0.05) is 36.4 Å². The molecule has 0 aliphatic carbocycles.